The van der Waals surface area contributed by atoms with E-state index in [4.69, 9.17) is 14.2 Å². The molecule has 0 aliphatic carbocycles. The summed E-state index contributed by atoms with van der Waals surface area (Å²) in [6, 6.07) is 5.62. The van der Waals surface area contributed by atoms with Crippen molar-refractivity contribution in [3.05, 3.63) is 51.3 Å². The predicted octanol–water partition coefficient (Wildman–Crippen LogP) is 2.48. The smallest absolute Gasteiger partial charge is 0.348 e. The molecule has 8 heteroatoms. The number of hydrogen-bond acceptors (Lipinski definition) is 7. The van der Waals surface area contributed by atoms with Crippen LogP contribution in [0.5, 0.6) is 0 Å². The summed E-state index contributed by atoms with van der Waals surface area (Å²) in [6.07, 6.45) is -1.04. The largest absolute Gasteiger partial charge is 0.482 e. The third kappa shape index (κ3) is 3.78. The second kappa shape index (κ2) is 7.78. The molecule has 0 radical (unpaired) electrons. The lowest BCUT2D eigenvalue weighted by molar-refractivity contribution is -0.384. The van der Waals surface area contributed by atoms with Gasteiger partial charge in [-0.3, -0.25) is 10.1 Å². The molecule has 2 atom stereocenters. The van der Waals surface area contributed by atoms with Gasteiger partial charge in [0.2, 0.25) is 6.10 Å². The van der Waals surface area contributed by atoms with Gasteiger partial charge in [-0.25, -0.2) is 9.59 Å². The third-order valence-corrected chi connectivity index (χ3v) is 3.77. The normalized spacial score (nSPS) is 19.3. The fourth-order valence-corrected chi connectivity index (χ4v) is 2.73. The van der Waals surface area contributed by atoms with Gasteiger partial charge in [-0.1, -0.05) is 12.1 Å². The molecule has 0 fully saturated rings. The van der Waals surface area contributed by atoms with Crippen molar-refractivity contribution in [3.8, 4) is 0 Å². The summed E-state index contributed by atoms with van der Waals surface area (Å²) in [6.45, 7) is 5.25. The van der Waals surface area contributed by atoms with Crippen LogP contribution < -0.4 is 0 Å². The Hall–Kier alpha value is -2.90. The molecule has 0 aromatic heterocycles. The summed E-state index contributed by atoms with van der Waals surface area (Å²) in [5.41, 5.74) is 0.658. The number of benzene rings is 1. The number of esters is 2. The van der Waals surface area contributed by atoms with E-state index < -0.39 is 28.9 Å². The van der Waals surface area contributed by atoms with Crippen LogP contribution in [0.2, 0.25) is 0 Å². The highest BCUT2D eigenvalue weighted by atomic mass is 16.6. The Balaban J connectivity index is 2.44. The van der Waals surface area contributed by atoms with E-state index in [2.05, 4.69) is 0 Å². The highest BCUT2D eigenvalue weighted by molar-refractivity contribution is 5.94. The predicted molar refractivity (Wildman–Crippen MR) is 86.7 cm³/mol. The molecule has 8 nitrogen and oxygen atoms in total. The Morgan fingerprint density at radius 1 is 1.16 bits per heavy atom. The van der Waals surface area contributed by atoms with Gasteiger partial charge < -0.3 is 14.2 Å². The van der Waals surface area contributed by atoms with Crippen molar-refractivity contribution in [1.29, 1.82) is 0 Å². The number of nitrogens with zero attached hydrogens (tertiary/aromatic N) is 1. The van der Waals surface area contributed by atoms with E-state index >= 15 is 0 Å². The Bertz CT molecular complexity index is 708. The van der Waals surface area contributed by atoms with Crippen LogP contribution in [-0.4, -0.2) is 36.2 Å². The molecule has 1 aliphatic heterocycles. The molecule has 0 bridgehead atoms. The minimum absolute atomic E-state index is 0.0891. The number of nitro groups is 1. The van der Waals surface area contributed by atoms with Crippen molar-refractivity contribution in [2.75, 3.05) is 13.2 Å². The van der Waals surface area contributed by atoms with Gasteiger partial charge in [0, 0.05) is 12.1 Å². The molecule has 0 saturated carbocycles. The highest BCUT2D eigenvalue weighted by Gasteiger charge is 2.45. The third-order valence-electron chi connectivity index (χ3n) is 3.77. The zero-order chi connectivity index (χ0) is 18.6. The number of nitro benzene ring substituents is 1. The second-order valence-corrected chi connectivity index (χ2v) is 5.31. The average Bonchev–Trinajstić information content (AvgIpc) is 2.93. The number of ether oxygens (including phenoxy) is 3. The van der Waals surface area contributed by atoms with Gasteiger partial charge in [-0.15, -0.1) is 0 Å². The zero-order valence-electron chi connectivity index (χ0n) is 14.2. The van der Waals surface area contributed by atoms with E-state index in [1.165, 1.54) is 24.3 Å². The molecule has 0 unspecified atom stereocenters. The number of rotatable bonds is 6. The lowest BCUT2D eigenvalue weighted by atomic mass is 9.87. The SMILES string of the molecule is CCOC(=O)C1=C(C)O[C@H](C(=O)OCC)[C@H]1c1ccc([N+](=O)[O-])cc1. The van der Waals surface area contributed by atoms with E-state index in [1.54, 1.807) is 20.8 Å². The summed E-state index contributed by atoms with van der Waals surface area (Å²) < 4.78 is 15.7. The van der Waals surface area contributed by atoms with Crippen molar-refractivity contribution in [2.45, 2.75) is 32.8 Å². The minimum Gasteiger partial charge on any atom is -0.482 e. The molecule has 0 amide bonds. The molecule has 0 N–H and O–H groups in total. The maximum absolute atomic E-state index is 12.3. The van der Waals surface area contributed by atoms with Crippen LogP contribution in [0.4, 0.5) is 5.69 Å². The molecular weight excluding hydrogens is 330 g/mol. The van der Waals surface area contributed by atoms with Crippen molar-refractivity contribution >= 4 is 17.6 Å². The fourth-order valence-electron chi connectivity index (χ4n) is 2.73. The monoisotopic (exact) mass is 349 g/mol. The quantitative estimate of drug-likeness (QED) is 0.441. The summed E-state index contributed by atoms with van der Waals surface area (Å²) in [4.78, 5) is 34.9. The van der Waals surface area contributed by atoms with Gasteiger partial charge in [0.25, 0.3) is 5.69 Å². The van der Waals surface area contributed by atoms with Crippen LogP contribution in [0.1, 0.15) is 32.3 Å². The average molecular weight is 349 g/mol. The van der Waals surface area contributed by atoms with Gasteiger partial charge >= 0.3 is 11.9 Å². The van der Waals surface area contributed by atoms with E-state index in [9.17, 15) is 19.7 Å². The number of carbonyl (C=O) groups is 2. The fraction of sp³-hybridized carbons (Fsp3) is 0.412. The summed E-state index contributed by atoms with van der Waals surface area (Å²) in [5, 5.41) is 10.8. The molecule has 1 aromatic rings. The Labute approximate surface area is 144 Å². The van der Waals surface area contributed by atoms with E-state index in [0.29, 0.717) is 5.56 Å². The van der Waals surface area contributed by atoms with Crippen molar-refractivity contribution in [3.63, 3.8) is 0 Å². The minimum atomic E-state index is -1.04. The van der Waals surface area contributed by atoms with Crippen molar-refractivity contribution in [2.24, 2.45) is 0 Å². The van der Waals surface area contributed by atoms with Crippen LogP contribution in [0.25, 0.3) is 0 Å². The van der Waals surface area contributed by atoms with E-state index in [0.717, 1.165) is 0 Å². The van der Waals surface area contributed by atoms with Crippen molar-refractivity contribution < 1.29 is 28.7 Å². The van der Waals surface area contributed by atoms with E-state index in [1.807, 2.05) is 0 Å². The number of carbonyl (C=O) groups excluding carboxylic acids is 2. The number of non-ortho nitro benzene ring substituents is 1. The van der Waals surface area contributed by atoms with Gasteiger partial charge in [0.05, 0.1) is 29.6 Å². The molecule has 25 heavy (non-hydrogen) atoms. The standard InChI is InChI=1S/C17H19NO7/c1-4-23-16(19)13-10(3)25-15(17(20)24-5-2)14(13)11-6-8-12(9-7-11)18(21)22/h6-9,14-15H,4-5H2,1-3H3/t14-,15-/m0/s1. The lowest BCUT2D eigenvalue weighted by Gasteiger charge is -2.19. The Morgan fingerprint density at radius 3 is 2.28 bits per heavy atom. The van der Waals surface area contributed by atoms with Gasteiger partial charge in [-0.05, 0) is 26.3 Å². The van der Waals surface area contributed by atoms with Crippen LogP contribution in [0, 0.1) is 10.1 Å². The highest BCUT2D eigenvalue weighted by Crippen LogP contribution is 2.40. The van der Waals surface area contributed by atoms with Crippen molar-refractivity contribution in [1.82, 2.24) is 0 Å². The van der Waals surface area contributed by atoms with Crippen LogP contribution in [0.3, 0.4) is 0 Å². The molecule has 0 saturated heterocycles. The first-order valence-corrected chi connectivity index (χ1v) is 7.86. The molecule has 1 aromatic carbocycles. The molecule has 2 rings (SSSR count). The Kier molecular flexibility index (Phi) is 5.74. The maximum Gasteiger partial charge on any atom is 0.348 e. The molecule has 0 spiro atoms. The molecular formula is C17H19NO7. The molecule has 1 heterocycles. The Morgan fingerprint density at radius 2 is 1.76 bits per heavy atom. The topological polar surface area (TPSA) is 105 Å². The number of hydrogen-bond donors (Lipinski definition) is 0. The van der Waals surface area contributed by atoms with Gasteiger partial charge in [0.1, 0.15) is 5.76 Å². The first-order chi connectivity index (χ1) is 11.9. The van der Waals surface area contributed by atoms with Crippen LogP contribution >= 0.6 is 0 Å². The maximum atomic E-state index is 12.3. The van der Waals surface area contributed by atoms with Gasteiger partial charge in [0.15, 0.2) is 0 Å². The van der Waals surface area contributed by atoms with E-state index in [-0.39, 0.29) is 30.2 Å². The van der Waals surface area contributed by atoms with Crippen LogP contribution in [0.15, 0.2) is 35.6 Å². The van der Waals surface area contributed by atoms with Crippen LogP contribution in [-0.2, 0) is 23.8 Å². The first-order valence-electron chi connectivity index (χ1n) is 7.86. The second-order valence-electron chi connectivity index (χ2n) is 5.31. The zero-order valence-corrected chi connectivity index (χ0v) is 14.2. The first kappa shape index (κ1) is 18.4. The van der Waals surface area contributed by atoms with Gasteiger partial charge in [-0.2, -0.15) is 0 Å². The summed E-state index contributed by atoms with van der Waals surface area (Å²) in [5.74, 6) is -1.67. The summed E-state index contributed by atoms with van der Waals surface area (Å²) in [7, 11) is 0. The molecule has 134 valence electrons. The molecule has 1 aliphatic rings. The number of allylic oxidation sites excluding steroid dienone is 1. The summed E-state index contributed by atoms with van der Waals surface area (Å²) >= 11 is 0. The lowest BCUT2D eigenvalue weighted by Crippen LogP contribution is -2.30.